The second-order valence-electron chi connectivity index (χ2n) is 6.13. The number of hydrogen-bond donors (Lipinski definition) is 1. The lowest BCUT2D eigenvalue weighted by atomic mass is 10.0. The smallest absolute Gasteiger partial charge is 0.0224 e. The lowest BCUT2D eigenvalue weighted by Gasteiger charge is -2.37. The molecule has 98 valence electrons. The summed E-state index contributed by atoms with van der Waals surface area (Å²) in [5.41, 5.74) is 0. The number of rotatable bonds is 4. The highest BCUT2D eigenvalue weighted by atomic mass is 15.3. The van der Waals surface area contributed by atoms with Crippen molar-refractivity contribution in [1.82, 2.24) is 15.1 Å². The van der Waals surface area contributed by atoms with E-state index in [9.17, 15) is 0 Å². The third-order valence-electron chi connectivity index (χ3n) is 4.92. The number of fused-ring (bicyclic) bond motifs is 1. The number of hydrogen-bond acceptors (Lipinski definition) is 3. The van der Waals surface area contributed by atoms with Gasteiger partial charge in [0.05, 0.1) is 0 Å². The van der Waals surface area contributed by atoms with E-state index < -0.39 is 0 Å². The predicted octanol–water partition coefficient (Wildman–Crippen LogP) is 1.16. The molecule has 0 spiro atoms. The van der Waals surface area contributed by atoms with Crippen molar-refractivity contribution in [2.45, 2.75) is 38.1 Å². The van der Waals surface area contributed by atoms with Gasteiger partial charge >= 0.3 is 0 Å². The molecule has 0 aromatic heterocycles. The van der Waals surface area contributed by atoms with E-state index >= 15 is 0 Å². The Morgan fingerprint density at radius 2 is 2.12 bits per heavy atom. The van der Waals surface area contributed by atoms with Crippen molar-refractivity contribution in [3.05, 3.63) is 0 Å². The molecule has 0 amide bonds. The molecule has 3 heterocycles. The van der Waals surface area contributed by atoms with E-state index in [2.05, 4.69) is 15.1 Å². The number of piperazine rings is 1. The van der Waals surface area contributed by atoms with Crippen LogP contribution in [-0.4, -0.2) is 61.7 Å². The van der Waals surface area contributed by atoms with Crippen LogP contribution in [-0.2, 0) is 0 Å². The second-order valence-corrected chi connectivity index (χ2v) is 6.13. The average Bonchev–Trinajstić information content (AvgIpc) is 2.98. The van der Waals surface area contributed by atoms with Crippen molar-refractivity contribution in [3.63, 3.8) is 0 Å². The minimum atomic E-state index is 0.900. The van der Waals surface area contributed by atoms with E-state index in [1.165, 1.54) is 77.9 Å². The summed E-state index contributed by atoms with van der Waals surface area (Å²) in [5, 5.41) is 3.47. The zero-order valence-electron chi connectivity index (χ0n) is 11.0. The molecule has 0 aromatic rings. The quantitative estimate of drug-likeness (QED) is 0.791. The van der Waals surface area contributed by atoms with Crippen LogP contribution in [0.25, 0.3) is 0 Å². The van der Waals surface area contributed by atoms with Gasteiger partial charge in [-0.2, -0.15) is 0 Å². The standard InChI is InChI=1S/C14H27N3/c1(3-13-5-6-15-11-13)7-16-9-10-17-8-2-4-14(17)12-16/h13-15H,1-12H2. The van der Waals surface area contributed by atoms with E-state index in [1.807, 2.05) is 0 Å². The van der Waals surface area contributed by atoms with Gasteiger partial charge in [-0.25, -0.2) is 0 Å². The van der Waals surface area contributed by atoms with Crippen LogP contribution >= 0.6 is 0 Å². The van der Waals surface area contributed by atoms with Gasteiger partial charge in [0, 0.05) is 25.7 Å². The van der Waals surface area contributed by atoms with E-state index in [0.29, 0.717) is 0 Å². The minimum Gasteiger partial charge on any atom is -0.316 e. The van der Waals surface area contributed by atoms with Gasteiger partial charge in [-0.15, -0.1) is 0 Å². The molecule has 0 saturated carbocycles. The fraction of sp³-hybridized carbons (Fsp3) is 1.00. The minimum absolute atomic E-state index is 0.900. The second kappa shape index (κ2) is 5.68. The highest BCUT2D eigenvalue weighted by Crippen LogP contribution is 2.22. The first-order valence-corrected chi connectivity index (χ1v) is 7.59. The fourth-order valence-electron chi connectivity index (χ4n) is 3.82. The molecule has 3 aliphatic heterocycles. The maximum absolute atomic E-state index is 3.47. The van der Waals surface area contributed by atoms with Crippen LogP contribution in [0, 0.1) is 5.92 Å². The SMILES string of the molecule is C(CC1CCNC1)CN1CCN2CCCC2C1. The van der Waals surface area contributed by atoms with Gasteiger partial charge in [0.25, 0.3) is 0 Å². The van der Waals surface area contributed by atoms with Crippen molar-refractivity contribution in [3.8, 4) is 0 Å². The lowest BCUT2D eigenvalue weighted by molar-refractivity contribution is 0.102. The van der Waals surface area contributed by atoms with Gasteiger partial charge in [-0.1, -0.05) is 0 Å². The summed E-state index contributed by atoms with van der Waals surface area (Å²) in [6, 6.07) is 0.900. The molecule has 1 N–H and O–H groups in total. The number of nitrogens with one attached hydrogen (secondary N) is 1. The first-order chi connectivity index (χ1) is 8.42. The van der Waals surface area contributed by atoms with Crippen LogP contribution in [0.3, 0.4) is 0 Å². The first kappa shape index (κ1) is 11.9. The van der Waals surface area contributed by atoms with Crippen LogP contribution in [0.4, 0.5) is 0 Å². The van der Waals surface area contributed by atoms with Crippen molar-refractivity contribution in [2.75, 3.05) is 45.8 Å². The molecular formula is C14H27N3. The molecule has 0 aromatic carbocycles. The summed E-state index contributed by atoms with van der Waals surface area (Å²) in [4.78, 5) is 5.42. The van der Waals surface area contributed by atoms with Gasteiger partial charge < -0.3 is 10.2 Å². The van der Waals surface area contributed by atoms with Crippen LogP contribution in [0.5, 0.6) is 0 Å². The molecule has 2 atom stereocenters. The maximum atomic E-state index is 3.47. The Kier molecular flexibility index (Phi) is 3.99. The van der Waals surface area contributed by atoms with Crippen molar-refractivity contribution >= 4 is 0 Å². The molecule has 17 heavy (non-hydrogen) atoms. The predicted molar refractivity (Wildman–Crippen MR) is 71.2 cm³/mol. The molecule has 2 unspecified atom stereocenters. The van der Waals surface area contributed by atoms with E-state index in [4.69, 9.17) is 0 Å². The van der Waals surface area contributed by atoms with E-state index in [0.717, 1.165) is 12.0 Å². The monoisotopic (exact) mass is 237 g/mol. The largest absolute Gasteiger partial charge is 0.316 e. The summed E-state index contributed by atoms with van der Waals surface area (Å²) in [6.45, 7) is 9.24. The Balaban J connectivity index is 1.34. The van der Waals surface area contributed by atoms with Gasteiger partial charge in [-0.05, 0) is 64.2 Å². The maximum Gasteiger partial charge on any atom is 0.0224 e. The Morgan fingerprint density at radius 1 is 1.12 bits per heavy atom. The lowest BCUT2D eigenvalue weighted by Crippen LogP contribution is -2.50. The molecule has 3 saturated heterocycles. The summed E-state index contributed by atoms with van der Waals surface area (Å²) >= 11 is 0. The van der Waals surface area contributed by atoms with E-state index in [1.54, 1.807) is 0 Å². The molecule has 3 fully saturated rings. The van der Waals surface area contributed by atoms with Gasteiger partial charge in [-0.3, -0.25) is 4.90 Å². The van der Waals surface area contributed by atoms with Gasteiger partial charge in [0.15, 0.2) is 0 Å². The molecule has 3 rings (SSSR count). The zero-order chi connectivity index (χ0) is 11.5. The summed E-state index contributed by atoms with van der Waals surface area (Å²) < 4.78 is 0. The molecule has 0 aliphatic carbocycles. The van der Waals surface area contributed by atoms with Crippen LogP contribution in [0.1, 0.15) is 32.1 Å². The Hall–Kier alpha value is -0.120. The molecule has 3 aliphatic rings. The van der Waals surface area contributed by atoms with Crippen molar-refractivity contribution < 1.29 is 0 Å². The molecule has 0 bridgehead atoms. The Labute approximate surface area is 106 Å². The molecular weight excluding hydrogens is 210 g/mol. The highest BCUT2D eigenvalue weighted by Gasteiger charge is 2.30. The van der Waals surface area contributed by atoms with E-state index in [-0.39, 0.29) is 0 Å². The zero-order valence-corrected chi connectivity index (χ0v) is 11.0. The normalized spacial score (nSPS) is 35.3. The third-order valence-corrected chi connectivity index (χ3v) is 4.92. The van der Waals surface area contributed by atoms with Gasteiger partial charge in [0.2, 0.25) is 0 Å². The van der Waals surface area contributed by atoms with Crippen molar-refractivity contribution in [1.29, 1.82) is 0 Å². The number of nitrogens with zero attached hydrogens (tertiary/aromatic N) is 2. The summed E-state index contributed by atoms with van der Waals surface area (Å²) in [5.74, 6) is 0.975. The molecule has 3 heteroatoms. The van der Waals surface area contributed by atoms with Crippen LogP contribution < -0.4 is 5.32 Å². The summed E-state index contributed by atoms with van der Waals surface area (Å²) in [7, 11) is 0. The molecule has 3 nitrogen and oxygen atoms in total. The van der Waals surface area contributed by atoms with Crippen LogP contribution in [0.2, 0.25) is 0 Å². The van der Waals surface area contributed by atoms with Crippen LogP contribution in [0.15, 0.2) is 0 Å². The highest BCUT2D eigenvalue weighted by molar-refractivity contribution is 4.86. The van der Waals surface area contributed by atoms with Gasteiger partial charge in [0.1, 0.15) is 0 Å². The fourth-order valence-corrected chi connectivity index (χ4v) is 3.82. The Morgan fingerprint density at radius 3 is 3.00 bits per heavy atom. The average molecular weight is 237 g/mol. The van der Waals surface area contributed by atoms with Crippen molar-refractivity contribution in [2.24, 2.45) is 5.92 Å². The Bertz CT molecular complexity index is 238. The first-order valence-electron chi connectivity index (χ1n) is 7.59. The summed E-state index contributed by atoms with van der Waals surface area (Å²) in [6.07, 6.45) is 7.16. The third kappa shape index (κ3) is 3.01. The topological polar surface area (TPSA) is 18.5 Å². The molecule has 0 radical (unpaired) electrons.